The Hall–Kier alpha value is -7.75. The molecule has 1 heterocycles. The van der Waals surface area contributed by atoms with Crippen LogP contribution >= 0.6 is 11.3 Å². The fourth-order valence-corrected chi connectivity index (χ4v) is 11.7. The number of rotatable bonds is 29. The van der Waals surface area contributed by atoms with Gasteiger partial charge in [-0.25, -0.2) is 24.4 Å². The molecule has 4 fully saturated rings. The van der Waals surface area contributed by atoms with Crippen LogP contribution in [-0.4, -0.2) is 117 Å². The number of para-hydroxylation sites is 1. The first-order chi connectivity index (χ1) is 41.6. The quantitative estimate of drug-likeness (QED) is 0.0119. The molecule has 21 nitrogen and oxygen atoms in total. The molecule has 22 heteroatoms. The first-order valence-corrected chi connectivity index (χ1v) is 30.8. The van der Waals surface area contributed by atoms with Gasteiger partial charge in [-0.3, -0.25) is 28.8 Å². The lowest BCUT2D eigenvalue weighted by Crippen LogP contribution is -2.33. The van der Waals surface area contributed by atoms with Gasteiger partial charge in [0.15, 0.2) is 0 Å². The van der Waals surface area contributed by atoms with Gasteiger partial charge in [0.05, 0.1) is 84.9 Å². The number of esters is 9. The summed E-state index contributed by atoms with van der Waals surface area (Å²) in [6.45, 7) is 12.8. The van der Waals surface area contributed by atoms with Gasteiger partial charge in [0.2, 0.25) is 5.13 Å². The first kappa shape index (κ1) is 65.8. The number of aromatic nitrogens is 1. The maximum absolute atomic E-state index is 14.0. The smallest absolute Gasteiger partial charge is 0.333 e. The number of hydrogen-bond acceptors (Lipinski definition) is 22. The van der Waals surface area contributed by atoms with Crippen molar-refractivity contribution in [3.63, 3.8) is 0 Å². The molecule has 1 aromatic heterocycles. The zero-order chi connectivity index (χ0) is 61.4. The van der Waals surface area contributed by atoms with Gasteiger partial charge in [0, 0.05) is 23.3 Å². The maximum atomic E-state index is 14.0. The highest BCUT2D eigenvalue weighted by atomic mass is 32.1. The summed E-state index contributed by atoms with van der Waals surface area (Å²) in [7, 11) is 0. The monoisotopic (exact) mass is 1210 g/mol. The molecule has 0 atom stereocenters. The number of carbonyl (C=O) groups is 9. The molecule has 0 radical (unpaired) electrons. The third-order valence-corrected chi connectivity index (χ3v) is 16.9. The average molecular weight is 1210 g/mol. The van der Waals surface area contributed by atoms with Gasteiger partial charge in [-0.05, 0) is 166 Å². The van der Waals surface area contributed by atoms with Crippen LogP contribution in [0.1, 0.15) is 141 Å². The number of hydrogen-bond donors (Lipinski definition) is 0. The van der Waals surface area contributed by atoms with Gasteiger partial charge < -0.3 is 42.6 Å². The number of fused-ring (bicyclic) bond motifs is 1. The van der Waals surface area contributed by atoms with Gasteiger partial charge in [0.1, 0.15) is 30.3 Å². The minimum Gasteiger partial charge on any atom is -0.465 e. The van der Waals surface area contributed by atoms with E-state index in [1.54, 1.807) is 18.0 Å². The lowest BCUT2D eigenvalue weighted by molar-refractivity contribution is -0.161. The van der Waals surface area contributed by atoms with Gasteiger partial charge in [-0.2, -0.15) is 5.10 Å². The minimum absolute atomic E-state index is 0.0609. The zero-order valence-electron chi connectivity index (χ0n) is 49.0. The van der Waals surface area contributed by atoms with Gasteiger partial charge >= 0.3 is 53.7 Å². The van der Waals surface area contributed by atoms with Crippen molar-refractivity contribution < 1.29 is 85.8 Å². The number of unbranched alkanes of at least 4 members (excludes halogenated alkanes) is 2. The second-order valence-electron chi connectivity index (χ2n) is 22.2. The van der Waals surface area contributed by atoms with E-state index in [0.29, 0.717) is 134 Å². The summed E-state index contributed by atoms with van der Waals surface area (Å²) < 4.78 is 51.0. The Balaban J connectivity index is 0.917. The predicted molar refractivity (Wildman–Crippen MR) is 315 cm³/mol. The Morgan fingerprint density at radius 2 is 0.988 bits per heavy atom. The molecule has 4 aliphatic carbocycles. The van der Waals surface area contributed by atoms with Crippen molar-refractivity contribution in [2.24, 2.45) is 40.6 Å². The van der Waals surface area contributed by atoms with E-state index in [-0.39, 0.29) is 116 Å². The van der Waals surface area contributed by atoms with Crippen LogP contribution in [0.4, 0.5) is 5.13 Å². The fraction of sp³-hybridized carbons (Fsp3) is 0.547. The average Bonchev–Trinajstić information content (AvgIpc) is 3.57. The molecule has 4 saturated carbocycles. The molecule has 3 aromatic rings. The van der Waals surface area contributed by atoms with Crippen LogP contribution in [0.25, 0.3) is 10.2 Å². The van der Waals surface area contributed by atoms with Crippen LogP contribution in [0.15, 0.2) is 85.0 Å². The highest BCUT2D eigenvalue weighted by molar-refractivity contribution is 7.22. The molecule has 0 saturated heterocycles. The molecule has 0 spiro atoms. The number of thiazole rings is 1. The minimum atomic E-state index is -0.566. The summed E-state index contributed by atoms with van der Waals surface area (Å²) in [6, 6.07) is 12.2. The summed E-state index contributed by atoms with van der Waals surface area (Å²) in [5.41, 5.74) is 1.26. The Morgan fingerprint density at radius 1 is 0.547 bits per heavy atom. The Labute approximate surface area is 505 Å². The highest BCUT2D eigenvalue weighted by Gasteiger charge is 2.37. The van der Waals surface area contributed by atoms with Crippen molar-refractivity contribution in [3.05, 3.63) is 85.5 Å². The Morgan fingerprint density at radius 3 is 1.47 bits per heavy atom. The number of ether oxygens (including phenoxy) is 9. The van der Waals surface area contributed by atoms with E-state index in [0.717, 1.165) is 22.4 Å². The summed E-state index contributed by atoms with van der Waals surface area (Å²) in [5.74, 6) is -5.85. The summed E-state index contributed by atoms with van der Waals surface area (Å²) in [4.78, 5) is 119. The molecular weight excluding hydrogens is 1130 g/mol. The normalized spacial score (nSPS) is 22.0. The Kier molecular flexibility index (Phi) is 25.9. The molecule has 0 bridgehead atoms. The van der Waals surface area contributed by atoms with E-state index >= 15 is 0 Å². The molecule has 4 aliphatic rings. The highest BCUT2D eigenvalue weighted by Crippen LogP contribution is 2.37. The number of carbonyl (C=O) groups excluding carboxylic acids is 9. The first-order valence-electron chi connectivity index (χ1n) is 30.0. The standard InChI is InChI=1S/C64H79N3O18S/c1-5-55(68)77-34-9-11-36-79-58(71)42-23-27-49(28-24-42)82-60(73)44-15-17-46(18-16-44)62(75)84-51-31-32-53(48(39-51)40-65-67(33-38-81-57(70)41(3)4)64-66-52-13-7-8-14-54(52)86-64)85-63(76)47-21-19-45(20-22-47)61(74)83-50-29-25-43(26-30-50)59(72)80-37-12-10-35-78-56(69)6-2/h5-8,13-14,31-32,39-40,42-47,49-50H,1-3,9-12,15-30,33-38H2,4H3/b65-40+. The summed E-state index contributed by atoms with van der Waals surface area (Å²) in [6.07, 6.45) is 12.7. The topological polar surface area (TPSA) is 265 Å². The maximum Gasteiger partial charge on any atom is 0.333 e. The van der Waals surface area contributed by atoms with E-state index in [4.69, 9.17) is 52.7 Å². The fourth-order valence-electron chi connectivity index (χ4n) is 10.8. The molecule has 0 aliphatic heterocycles. The summed E-state index contributed by atoms with van der Waals surface area (Å²) >= 11 is 1.37. The van der Waals surface area contributed by atoms with Crippen molar-refractivity contribution in [1.29, 1.82) is 0 Å². The molecule has 86 heavy (non-hydrogen) atoms. The lowest BCUT2D eigenvalue weighted by Gasteiger charge is -2.30. The van der Waals surface area contributed by atoms with Gasteiger partial charge in [-0.1, -0.05) is 43.2 Å². The second-order valence-corrected chi connectivity index (χ2v) is 23.2. The molecule has 0 unspecified atom stereocenters. The van der Waals surface area contributed by atoms with E-state index in [1.165, 1.54) is 29.7 Å². The van der Waals surface area contributed by atoms with E-state index in [2.05, 4.69) is 19.7 Å². The third-order valence-electron chi connectivity index (χ3n) is 15.9. The van der Waals surface area contributed by atoms with Crippen LogP contribution < -0.4 is 14.5 Å². The zero-order valence-corrected chi connectivity index (χ0v) is 49.8. The van der Waals surface area contributed by atoms with Gasteiger partial charge in [-0.15, -0.1) is 0 Å². The number of anilines is 1. The molecular formula is C64H79N3O18S. The summed E-state index contributed by atoms with van der Waals surface area (Å²) in [5, 5.41) is 6.81. The molecule has 7 rings (SSSR count). The largest absolute Gasteiger partial charge is 0.465 e. The molecule has 0 N–H and O–H groups in total. The number of hydrazone groups is 1. The van der Waals surface area contributed by atoms with Crippen molar-refractivity contribution in [2.75, 3.05) is 44.6 Å². The Bertz CT molecular complexity index is 2870. The lowest BCUT2D eigenvalue weighted by atomic mass is 9.82. The third kappa shape index (κ3) is 20.5. The van der Waals surface area contributed by atoms with Crippen molar-refractivity contribution in [3.8, 4) is 11.5 Å². The van der Waals surface area contributed by atoms with Crippen molar-refractivity contribution in [1.82, 2.24) is 4.98 Å². The molecule has 464 valence electrons. The van der Waals surface area contributed by atoms with E-state index < -0.39 is 47.6 Å². The van der Waals surface area contributed by atoms with Gasteiger partial charge in [0.25, 0.3) is 0 Å². The van der Waals surface area contributed by atoms with Crippen molar-refractivity contribution in [2.45, 2.75) is 148 Å². The van der Waals surface area contributed by atoms with Crippen LogP contribution in [0.3, 0.4) is 0 Å². The molecule has 0 amide bonds. The van der Waals surface area contributed by atoms with Crippen molar-refractivity contribution >= 4 is 86.6 Å². The number of benzene rings is 2. The van der Waals surface area contributed by atoms with Crippen LogP contribution in [0.5, 0.6) is 11.5 Å². The number of nitrogens with zero attached hydrogens (tertiary/aromatic N) is 3. The van der Waals surface area contributed by atoms with Crippen LogP contribution in [0.2, 0.25) is 0 Å². The SMILES string of the molecule is C=CC(=O)OCCCCOC(=O)C1CCC(OC(=O)C2CCC(C(=O)Oc3ccc(OC(=O)C4CCC(C(=O)OC5CCC(C(=O)OCCCCOC(=O)C=C)CC5)CC4)c(/C=N/N(CCOC(=O)C(=C)C)c4nc5ccccc5s4)c3)CC2)CC1. The predicted octanol–water partition coefficient (Wildman–Crippen LogP) is 9.99. The van der Waals surface area contributed by atoms with E-state index in [1.807, 2.05) is 24.3 Å². The molecule has 2 aromatic carbocycles. The van der Waals surface area contributed by atoms with E-state index in [9.17, 15) is 43.2 Å². The van der Waals surface area contributed by atoms with Crippen LogP contribution in [-0.2, 0) is 76.3 Å². The second kappa shape index (κ2) is 33.8. The van der Waals surface area contributed by atoms with Crippen LogP contribution in [0, 0.1) is 35.5 Å².